The van der Waals surface area contributed by atoms with Crippen molar-refractivity contribution in [2.45, 2.75) is 18.6 Å². The Hall–Kier alpha value is -1.97. The monoisotopic (exact) mass is 275 g/mol. The number of aromatic nitrogens is 1. The summed E-state index contributed by atoms with van der Waals surface area (Å²) < 4.78 is 40.5. The molecular weight excluding hydrogens is 263 g/mol. The molecule has 2 atom stereocenters. The van der Waals surface area contributed by atoms with E-state index in [1.807, 2.05) is 53.1 Å². The predicted octanol–water partition coefficient (Wildman–Crippen LogP) is 4.92. The zero-order valence-corrected chi connectivity index (χ0v) is 10.6. The highest BCUT2D eigenvalue weighted by Crippen LogP contribution is 2.55. The van der Waals surface area contributed by atoms with Crippen molar-refractivity contribution < 1.29 is 13.2 Å². The van der Waals surface area contributed by atoms with Gasteiger partial charge in [0, 0.05) is 27.8 Å². The SMILES string of the molecule is FC(F)(F)[C@@H]1C[C@H]1n1c2ccccc2c2ccccc21. The molecule has 1 aliphatic carbocycles. The van der Waals surface area contributed by atoms with Crippen LogP contribution in [0.5, 0.6) is 0 Å². The Morgan fingerprint density at radius 2 is 1.35 bits per heavy atom. The fourth-order valence-electron chi connectivity index (χ4n) is 3.13. The van der Waals surface area contributed by atoms with E-state index >= 15 is 0 Å². The highest BCUT2D eigenvalue weighted by molar-refractivity contribution is 6.08. The topological polar surface area (TPSA) is 4.93 Å². The molecule has 0 bridgehead atoms. The van der Waals surface area contributed by atoms with Gasteiger partial charge >= 0.3 is 6.18 Å². The van der Waals surface area contributed by atoms with Crippen LogP contribution in [0.15, 0.2) is 48.5 Å². The van der Waals surface area contributed by atoms with Gasteiger partial charge in [-0.15, -0.1) is 0 Å². The number of alkyl halides is 3. The zero-order chi connectivity index (χ0) is 13.9. The molecule has 2 aromatic carbocycles. The van der Waals surface area contributed by atoms with Crippen LogP contribution < -0.4 is 0 Å². The largest absolute Gasteiger partial charge is 0.393 e. The minimum Gasteiger partial charge on any atom is -0.337 e. The van der Waals surface area contributed by atoms with Gasteiger partial charge in [-0.05, 0) is 18.6 Å². The molecule has 0 N–H and O–H groups in total. The number of nitrogens with zero attached hydrogens (tertiary/aromatic N) is 1. The van der Waals surface area contributed by atoms with Gasteiger partial charge in [0.25, 0.3) is 0 Å². The molecule has 0 amide bonds. The first-order chi connectivity index (χ1) is 9.57. The third kappa shape index (κ3) is 1.57. The molecule has 0 unspecified atom stereocenters. The van der Waals surface area contributed by atoms with Crippen molar-refractivity contribution in [2.75, 3.05) is 0 Å². The van der Waals surface area contributed by atoms with E-state index in [2.05, 4.69) is 0 Å². The molecule has 102 valence electrons. The summed E-state index contributed by atoms with van der Waals surface area (Å²) in [6.45, 7) is 0. The van der Waals surface area contributed by atoms with Crippen LogP contribution >= 0.6 is 0 Å². The maximum atomic E-state index is 12.9. The molecule has 1 saturated carbocycles. The van der Waals surface area contributed by atoms with Gasteiger partial charge in [-0.1, -0.05) is 36.4 Å². The van der Waals surface area contributed by atoms with Gasteiger partial charge in [-0.25, -0.2) is 0 Å². The number of hydrogen-bond donors (Lipinski definition) is 0. The fourth-order valence-corrected chi connectivity index (χ4v) is 3.13. The normalized spacial score (nSPS) is 22.6. The Morgan fingerprint density at radius 1 is 0.850 bits per heavy atom. The molecule has 20 heavy (non-hydrogen) atoms. The highest BCUT2D eigenvalue weighted by Gasteiger charge is 2.57. The summed E-state index contributed by atoms with van der Waals surface area (Å²) in [6.07, 6.45) is -3.91. The number of benzene rings is 2. The van der Waals surface area contributed by atoms with Crippen molar-refractivity contribution in [1.29, 1.82) is 0 Å². The van der Waals surface area contributed by atoms with Crippen LogP contribution in [0, 0.1) is 5.92 Å². The van der Waals surface area contributed by atoms with Crippen LogP contribution in [-0.4, -0.2) is 10.7 Å². The maximum Gasteiger partial charge on any atom is 0.393 e. The molecule has 1 fully saturated rings. The molecule has 3 aromatic rings. The van der Waals surface area contributed by atoms with Crippen molar-refractivity contribution in [3.63, 3.8) is 0 Å². The van der Waals surface area contributed by atoms with Crippen LogP contribution in [0.1, 0.15) is 12.5 Å². The first kappa shape index (κ1) is 11.8. The van der Waals surface area contributed by atoms with Gasteiger partial charge in [0.2, 0.25) is 0 Å². The Bertz CT molecular complexity index is 747. The summed E-state index contributed by atoms with van der Waals surface area (Å²) in [4.78, 5) is 0. The summed E-state index contributed by atoms with van der Waals surface area (Å²) in [5.41, 5.74) is 1.79. The van der Waals surface area contributed by atoms with Gasteiger partial charge in [0.15, 0.2) is 0 Å². The molecular formula is C16H12F3N. The summed E-state index contributed by atoms with van der Waals surface area (Å²) in [5.74, 6) is -1.21. The third-order valence-electron chi connectivity index (χ3n) is 4.13. The fraction of sp³-hybridized carbons (Fsp3) is 0.250. The van der Waals surface area contributed by atoms with Crippen molar-refractivity contribution in [3.8, 4) is 0 Å². The first-order valence-corrected chi connectivity index (χ1v) is 6.62. The molecule has 1 aromatic heterocycles. The lowest BCUT2D eigenvalue weighted by Crippen LogP contribution is -2.13. The van der Waals surface area contributed by atoms with Crippen LogP contribution in [-0.2, 0) is 0 Å². The Labute approximate surface area is 113 Å². The predicted molar refractivity (Wildman–Crippen MR) is 72.6 cm³/mol. The van der Waals surface area contributed by atoms with Crippen LogP contribution in [0.2, 0.25) is 0 Å². The molecule has 4 heteroatoms. The second kappa shape index (κ2) is 3.78. The average Bonchev–Trinajstić information content (AvgIpc) is 3.15. The van der Waals surface area contributed by atoms with Gasteiger partial charge in [-0.2, -0.15) is 13.2 Å². The Kier molecular flexibility index (Phi) is 2.23. The Morgan fingerprint density at radius 3 is 1.80 bits per heavy atom. The average molecular weight is 275 g/mol. The van der Waals surface area contributed by atoms with Gasteiger partial charge in [0.1, 0.15) is 0 Å². The number of fused-ring (bicyclic) bond motifs is 3. The Balaban J connectivity index is 1.98. The lowest BCUT2D eigenvalue weighted by molar-refractivity contribution is -0.150. The van der Waals surface area contributed by atoms with Gasteiger partial charge < -0.3 is 4.57 Å². The van der Waals surface area contributed by atoms with E-state index in [4.69, 9.17) is 0 Å². The molecule has 4 rings (SSSR count). The minimum absolute atomic E-state index is 0.187. The van der Waals surface area contributed by atoms with E-state index in [9.17, 15) is 13.2 Å². The van der Waals surface area contributed by atoms with Crippen molar-refractivity contribution in [2.24, 2.45) is 5.92 Å². The molecule has 0 spiro atoms. The number of hydrogen-bond acceptors (Lipinski definition) is 0. The quantitative estimate of drug-likeness (QED) is 0.594. The van der Waals surface area contributed by atoms with Crippen LogP contribution in [0.4, 0.5) is 13.2 Å². The zero-order valence-electron chi connectivity index (χ0n) is 10.6. The van der Waals surface area contributed by atoms with E-state index in [0.29, 0.717) is 0 Å². The molecule has 1 heterocycles. The van der Waals surface area contributed by atoms with E-state index in [1.165, 1.54) is 0 Å². The van der Waals surface area contributed by atoms with E-state index < -0.39 is 18.1 Å². The van der Waals surface area contributed by atoms with E-state index in [-0.39, 0.29) is 6.42 Å². The third-order valence-corrected chi connectivity index (χ3v) is 4.13. The van der Waals surface area contributed by atoms with Crippen molar-refractivity contribution in [3.05, 3.63) is 48.5 Å². The van der Waals surface area contributed by atoms with Crippen molar-refractivity contribution in [1.82, 2.24) is 4.57 Å². The second-order valence-corrected chi connectivity index (χ2v) is 5.36. The molecule has 0 saturated heterocycles. The van der Waals surface area contributed by atoms with Crippen molar-refractivity contribution >= 4 is 21.8 Å². The van der Waals surface area contributed by atoms with Crippen LogP contribution in [0.3, 0.4) is 0 Å². The van der Waals surface area contributed by atoms with Crippen LogP contribution in [0.25, 0.3) is 21.8 Å². The highest BCUT2D eigenvalue weighted by atomic mass is 19.4. The number of para-hydroxylation sites is 2. The van der Waals surface area contributed by atoms with E-state index in [0.717, 1.165) is 21.8 Å². The lowest BCUT2D eigenvalue weighted by atomic mass is 10.2. The minimum atomic E-state index is -4.10. The smallest absolute Gasteiger partial charge is 0.337 e. The van der Waals surface area contributed by atoms with Gasteiger partial charge in [0.05, 0.1) is 5.92 Å². The van der Waals surface area contributed by atoms with Gasteiger partial charge in [-0.3, -0.25) is 0 Å². The summed E-state index contributed by atoms with van der Waals surface area (Å²) in [6, 6.07) is 14.9. The summed E-state index contributed by atoms with van der Waals surface area (Å²) >= 11 is 0. The standard InChI is InChI=1S/C16H12F3N/c17-16(18,19)12-9-15(12)20-13-7-3-1-5-10(13)11-6-2-4-8-14(11)20/h1-8,12,15H,9H2/t12-,15-/m1/s1. The number of halogens is 3. The lowest BCUT2D eigenvalue weighted by Gasteiger charge is -2.09. The maximum absolute atomic E-state index is 12.9. The number of rotatable bonds is 1. The molecule has 1 aliphatic rings. The molecule has 0 radical (unpaired) electrons. The second-order valence-electron chi connectivity index (χ2n) is 5.36. The summed E-state index contributed by atoms with van der Waals surface area (Å²) in [5, 5.41) is 2.05. The summed E-state index contributed by atoms with van der Waals surface area (Å²) in [7, 11) is 0. The molecule has 0 aliphatic heterocycles. The molecule has 1 nitrogen and oxygen atoms in total. The first-order valence-electron chi connectivity index (χ1n) is 6.62. The van der Waals surface area contributed by atoms with E-state index in [1.54, 1.807) is 0 Å².